The first-order chi connectivity index (χ1) is 15.0. The Morgan fingerprint density at radius 3 is 2.55 bits per heavy atom. The Balaban J connectivity index is 1.36. The van der Waals surface area contributed by atoms with E-state index < -0.39 is 5.91 Å². The second-order valence-corrected chi connectivity index (χ2v) is 7.58. The molecular weight excluding hydrogens is 400 g/mol. The average Bonchev–Trinajstić information content (AvgIpc) is 3.05. The number of ether oxygens (including phenoxy) is 4. The van der Waals surface area contributed by atoms with Crippen LogP contribution in [0.4, 0.5) is 5.69 Å². The van der Waals surface area contributed by atoms with E-state index in [0.29, 0.717) is 30.5 Å². The standard InChI is InChI=1S/C23H26N2O6/c1-25-20-14-21(19(23(24)27)12-15(20)13-22(25)26)31-18-4-2-16(3-5-18)29-10-11-30-17-6-8-28-9-7-17/h2-5,12,14,17H,6-11,13H2,1H3,(H2,24,27). The predicted octanol–water partition coefficient (Wildman–Crippen LogP) is 2.67. The molecule has 2 aromatic rings. The molecule has 0 aromatic heterocycles. The van der Waals surface area contributed by atoms with Crippen LogP contribution in [-0.2, 0) is 20.7 Å². The monoisotopic (exact) mass is 426 g/mol. The highest BCUT2D eigenvalue weighted by Crippen LogP contribution is 2.36. The minimum absolute atomic E-state index is 0.0372. The van der Waals surface area contributed by atoms with E-state index in [4.69, 9.17) is 24.7 Å². The first kappa shape index (κ1) is 21.1. The van der Waals surface area contributed by atoms with Gasteiger partial charge in [-0.25, -0.2) is 0 Å². The first-order valence-electron chi connectivity index (χ1n) is 10.3. The van der Waals surface area contributed by atoms with Crippen LogP contribution in [0.2, 0.25) is 0 Å². The van der Waals surface area contributed by atoms with Gasteiger partial charge in [0.25, 0.3) is 5.91 Å². The number of likely N-dealkylation sites (N-methyl/N-ethyl adjacent to an activating group) is 1. The number of benzene rings is 2. The van der Waals surface area contributed by atoms with E-state index in [1.807, 2.05) is 0 Å². The van der Waals surface area contributed by atoms with Crippen molar-refractivity contribution in [3.05, 3.63) is 47.5 Å². The van der Waals surface area contributed by atoms with Crippen LogP contribution in [0.15, 0.2) is 36.4 Å². The van der Waals surface area contributed by atoms with Crippen molar-refractivity contribution in [2.75, 3.05) is 38.4 Å². The van der Waals surface area contributed by atoms with Crippen molar-refractivity contribution >= 4 is 17.5 Å². The maximum absolute atomic E-state index is 12.0. The molecule has 0 spiro atoms. The summed E-state index contributed by atoms with van der Waals surface area (Å²) in [4.78, 5) is 25.4. The maximum Gasteiger partial charge on any atom is 0.252 e. The summed E-state index contributed by atoms with van der Waals surface area (Å²) < 4.78 is 22.7. The SMILES string of the molecule is CN1C(=O)Cc2cc(C(N)=O)c(Oc3ccc(OCCOC4CCOCC4)cc3)cc21. The van der Waals surface area contributed by atoms with Gasteiger partial charge in [-0.1, -0.05) is 0 Å². The molecule has 0 unspecified atom stereocenters. The van der Waals surface area contributed by atoms with E-state index in [1.54, 1.807) is 48.3 Å². The van der Waals surface area contributed by atoms with E-state index in [0.717, 1.165) is 37.3 Å². The molecule has 1 fully saturated rings. The molecule has 164 valence electrons. The average molecular weight is 426 g/mol. The molecular formula is C23H26N2O6. The number of carbonyl (C=O) groups is 2. The number of rotatable bonds is 8. The van der Waals surface area contributed by atoms with Crippen LogP contribution in [0.1, 0.15) is 28.8 Å². The summed E-state index contributed by atoms with van der Waals surface area (Å²) in [5, 5.41) is 0. The summed E-state index contributed by atoms with van der Waals surface area (Å²) in [6.45, 7) is 2.48. The van der Waals surface area contributed by atoms with E-state index in [9.17, 15) is 9.59 Å². The normalized spacial score (nSPS) is 16.3. The lowest BCUT2D eigenvalue weighted by atomic mass is 10.1. The number of nitrogens with two attached hydrogens (primary N) is 1. The summed E-state index contributed by atoms with van der Waals surface area (Å²) in [5.74, 6) is 0.887. The Morgan fingerprint density at radius 2 is 1.84 bits per heavy atom. The lowest BCUT2D eigenvalue weighted by Gasteiger charge is -2.22. The minimum atomic E-state index is -0.607. The second-order valence-electron chi connectivity index (χ2n) is 7.58. The summed E-state index contributed by atoms with van der Waals surface area (Å²) >= 11 is 0. The van der Waals surface area contributed by atoms with Gasteiger partial charge < -0.3 is 29.6 Å². The van der Waals surface area contributed by atoms with Crippen molar-refractivity contribution in [3.63, 3.8) is 0 Å². The van der Waals surface area contributed by atoms with Gasteiger partial charge in [-0.15, -0.1) is 0 Å². The van der Waals surface area contributed by atoms with Gasteiger partial charge in [0.15, 0.2) is 0 Å². The van der Waals surface area contributed by atoms with Gasteiger partial charge in [-0.05, 0) is 48.7 Å². The van der Waals surface area contributed by atoms with E-state index in [1.165, 1.54) is 0 Å². The minimum Gasteiger partial charge on any atom is -0.491 e. The number of hydrogen-bond donors (Lipinski definition) is 1. The number of nitrogens with zero attached hydrogens (tertiary/aromatic N) is 1. The summed E-state index contributed by atoms with van der Waals surface area (Å²) in [6, 6.07) is 10.4. The van der Waals surface area contributed by atoms with Gasteiger partial charge in [0.05, 0.1) is 30.4 Å². The number of primary amides is 1. The fraction of sp³-hybridized carbons (Fsp3) is 0.391. The van der Waals surface area contributed by atoms with Crippen molar-refractivity contribution in [2.24, 2.45) is 5.73 Å². The molecule has 8 nitrogen and oxygen atoms in total. The third-order valence-corrected chi connectivity index (χ3v) is 5.45. The quantitative estimate of drug-likeness (QED) is 0.652. The molecule has 0 radical (unpaired) electrons. The number of amides is 2. The van der Waals surface area contributed by atoms with Crippen LogP contribution in [0, 0.1) is 0 Å². The van der Waals surface area contributed by atoms with Crippen molar-refractivity contribution in [3.8, 4) is 17.2 Å². The molecule has 0 saturated carbocycles. The summed E-state index contributed by atoms with van der Waals surface area (Å²) in [7, 11) is 1.69. The highest BCUT2D eigenvalue weighted by Gasteiger charge is 2.27. The van der Waals surface area contributed by atoms with E-state index in [2.05, 4.69) is 0 Å². The zero-order valence-corrected chi connectivity index (χ0v) is 17.5. The van der Waals surface area contributed by atoms with Crippen LogP contribution in [-0.4, -0.2) is 51.4 Å². The summed E-state index contributed by atoms with van der Waals surface area (Å²) in [5.41, 5.74) is 7.25. The number of hydrogen-bond acceptors (Lipinski definition) is 6. The topological polar surface area (TPSA) is 100 Å². The van der Waals surface area contributed by atoms with E-state index in [-0.39, 0.29) is 24.0 Å². The zero-order valence-electron chi connectivity index (χ0n) is 17.5. The molecule has 2 aromatic carbocycles. The zero-order chi connectivity index (χ0) is 21.8. The van der Waals surface area contributed by atoms with Crippen molar-refractivity contribution in [2.45, 2.75) is 25.4 Å². The van der Waals surface area contributed by atoms with Gasteiger partial charge >= 0.3 is 0 Å². The molecule has 0 atom stereocenters. The van der Waals surface area contributed by atoms with Gasteiger partial charge in [0.2, 0.25) is 5.91 Å². The fourth-order valence-corrected chi connectivity index (χ4v) is 3.71. The Kier molecular flexibility index (Phi) is 6.39. The van der Waals surface area contributed by atoms with E-state index >= 15 is 0 Å². The van der Waals surface area contributed by atoms with Crippen LogP contribution < -0.4 is 20.1 Å². The van der Waals surface area contributed by atoms with Crippen molar-refractivity contribution in [1.29, 1.82) is 0 Å². The van der Waals surface area contributed by atoms with Crippen LogP contribution in [0.3, 0.4) is 0 Å². The van der Waals surface area contributed by atoms with Crippen molar-refractivity contribution < 1.29 is 28.5 Å². The Morgan fingerprint density at radius 1 is 1.13 bits per heavy atom. The lowest BCUT2D eigenvalue weighted by molar-refractivity contribution is -0.117. The highest BCUT2D eigenvalue weighted by molar-refractivity contribution is 6.04. The maximum atomic E-state index is 12.0. The molecule has 2 aliphatic rings. The number of anilines is 1. The van der Waals surface area contributed by atoms with Crippen LogP contribution in [0.25, 0.3) is 0 Å². The molecule has 0 aliphatic carbocycles. The molecule has 31 heavy (non-hydrogen) atoms. The van der Waals surface area contributed by atoms with Gasteiger partial charge in [0, 0.05) is 26.3 Å². The predicted molar refractivity (Wildman–Crippen MR) is 114 cm³/mol. The van der Waals surface area contributed by atoms with Gasteiger partial charge in [0.1, 0.15) is 23.9 Å². The smallest absolute Gasteiger partial charge is 0.252 e. The summed E-state index contributed by atoms with van der Waals surface area (Å²) in [6.07, 6.45) is 2.34. The van der Waals surface area contributed by atoms with Gasteiger partial charge in [-0.2, -0.15) is 0 Å². The first-order valence-corrected chi connectivity index (χ1v) is 10.3. The molecule has 8 heteroatoms. The largest absolute Gasteiger partial charge is 0.491 e. The third kappa shape index (κ3) is 4.98. The number of carbonyl (C=O) groups excluding carboxylic acids is 2. The number of fused-ring (bicyclic) bond motifs is 1. The Labute approximate surface area is 180 Å². The Hall–Kier alpha value is -3.10. The van der Waals surface area contributed by atoms with Crippen LogP contribution >= 0.6 is 0 Å². The second kappa shape index (κ2) is 9.36. The molecule has 2 heterocycles. The molecule has 2 amide bonds. The molecule has 2 N–H and O–H groups in total. The fourth-order valence-electron chi connectivity index (χ4n) is 3.71. The van der Waals surface area contributed by atoms with Crippen LogP contribution in [0.5, 0.6) is 17.2 Å². The molecule has 0 bridgehead atoms. The molecule has 4 rings (SSSR count). The molecule has 1 saturated heterocycles. The Bertz CT molecular complexity index is 953. The highest BCUT2D eigenvalue weighted by atomic mass is 16.5. The third-order valence-electron chi connectivity index (χ3n) is 5.45. The van der Waals surface area contributed by atoms with Crippen molar-refractivity contribution in [1.82, 2.24) is 0 Å². The van der Waals surface area contributed by atoms with Gasteiger partial charge in [-0.3, -0.25) is 9.59 Å². The lowest BCUT2D eigenvalue weighted by Crippen LogP contribution is -2.25. The molecule has 2 aliphatic heterocycles.